The van der Waals surface area contributed by atoms with Crippen LogP contribution in [0.15, 0.2) is 64.3 Å². The summed E-state index contributed by atoms with van der Waals surface area (Å²) in [6.07, 6.45) is 3.86. The van der Waals surface area contributed by atoms with Gasteiger partial charge in [-0.25, -0.2) is 9.79 Å². The van der Waals surface area contributed by atoms with Crippen LogP contribution < -0.4 is 0 Å². The molecule has 1 saturated heterocycles. The molecule has 0 unspecified atom stereocenters. The number of carbonyl (C=O) groups excluding carboxylic acids is 2. The van der Waals surface area contributed by atoms with Crippen molar-refractivity contribution in [1.82, 2.24) is 9.80 Å². The van der Waals surface area contributed by atoms with E-state index in [-0.39, 0.29) is 18.9 Å². The van der Waals surface area contributed by atoms with Gasteiger partial charge in [-0.15, -0.1) is 0 Å². The second kappa shape index (κ2) is 9.32. The lowest BCUT2D eigenvalue weighted by molar-refractivity contribution is -0.138. The summed E-state index contributed by atoms with van der Waals surface area (Å²) in [6.45, 7) is 7.11. The van der Waals surface area contributed by atoms with E-state index in [0.717, 1.165) is 42.4 Å². The number of hydrogen-bond donors (Lipinski definition) is 0. The average Bonchev–Trinajstić information content (AvgIpc) is 3.42. The van der Waals surface area contributed by atoms with Crippen molar-refractivity contribution < 1.29 is 14.3 Å². The molecule has 162 valence electrons. The number of rotatable bonds is 6. The third-order valence-electron chi connectivity index (χ3n) is 5.54. The molecule has 0 saturated carbocycles. The molecule has 1 aromatic rings. The Morgan fingerprint density at radius 3 is 2.77 bits per heavy atom. The second-order valence-electron chi connectivity index (χ2n) is 7.57. The predicted octanol–water partition coefficient (Wildman–Crippen LogP) is 4.66. The predicted molar refractivity (Wildman–Crippen MR) is 123 cm³/mol. The van der Waals surface area contributed by atoms with Gasteiger partial charge in [0.15, 0.2) is 5.17 Å². The molecule has 0 aliphatic carbocycles. The first-order chi connectivity index (χ1) is 15.0. The summed E-state index contributed by atoms with van der Waals surface area (Å²) in [5.74, 6) is -0.377. The van der Waals surface area contributed by atoms with Crippen molar-refractivity contribution in [3.63, 3.8) is 0 Å². The minimum Gasteiger partial charge on any atom is -0.458 e. The van der Waals surface area contributed by atoms with Crippen LogP contribution in [0.3, 0.4) is 0 Å². The lowest BCUT2D eigenvalue weighted by Gasteiger charge is -2.36. The third-order valence-corrected chi connectivity index (χ3v) is 6.78. The van der Waals surface area contributed by atoms with Gasteiger partial charge in [0.05, 0.1) is 23.7 Å². The van der Waals surface area contributed by atoms with E-state index in [2.05, 4.69) is 11.6 Å². The highest BCUT2D eigenvalue weighted by Gasteiger charge is 2.42. The number of halogens is 1. The van der Waals surface area contributed by atoms with Crippen LogP contribution in [0.4, 0.5) is 0 Å². The van der Waals surface area contributed by atoms with E-state index in [9.17, 15) is 9.59 Å². The molecule has 1 aromatic carbocycles. The Morgan fingerprint density at radius 1 is 1.32 bits per heavy atom. The number of allylic oxidation sites excluding steroid dienone is 1. The number of amides is 1. The Kier molecular flexibility index (Phi) is 6.53. The second-order valence-corrected chi connectivity index (χ2v) is 8.81. The normalized spacial score (nSPS) is 20.4. The van der Waals surface area contributed by atoms with Crippen LogP contribution in [-0.2, 0) is 14.3 Å². The van der Waals surface area contributed by atoms with Crippen molar-refractivity contribution in [3.05, 3.63) is 69.9 Å². The van der Waals surface area contributed by atoms with Crippen LogP contribution in [0.25, 0.3) is 0 Å². The molecule has 0 bridgehead atoms. The van der Waals surface area contributed by atoms with Gasteiger partial charge in [0.1, 0.15) is 6.61 Å². The Morgan fingerprint density at radius 2 is 2.06 bits per heavy atom. The number of esters is 1. The van der Waals surface area contributed by atoms with Crippen molar-refractivity contribution in [2.75, 3.05) is 19.7 Å². The number of nitrogens with zero attached hydrogens (tertiary/aromatic N) is 3. The molecule has 1 atom stereocenters. The monoisotopic (exact) mass is 457 g/mol. The molecular weight excluding hydrogens is 434 g/mol. The topological polar surface area (TPSA) is 62.2 Å². The highest BCUT2D eigenvalue weighted by molar-refractivity contribution is 8.16. The number of ether oxygens (including phenoxy) is 1. The van der Waals surface area contributed by atoms with E-state index in [1.54, 1.807) is 13.0 Å². The number of fused-ring (bicyclic) bond motifs is 1. The Bertz CT molecular complexity index is 1010. The molecule has 3 aliphatic rings. The van der Waals surface area contributed by atoms with Crippen molar-refractivity contribution >= 4 is 40.4 Å². The first-order valence-corrected chi connectivity index (χ1v) is 11.5. The summed E-state index contributed by atoms with van der Waals surface area (Å²) in [7, 11) is 0. The lowest BCUT2D eigenvalue weighted by Crippen LogP contribution is -2.38. The Hall–Kier alpha value is -2.51. The van der Waals surface area contributed by atoms with Gasteiger partial charge in [-0.1, -0.05) is 54.2 Å². The van der Waals surface area contributed by atoms with E-state index < -0.39 is 12.0 Å². The number of carbonyl (C=O) groups is 2. The van der Waals surface area contributed by atoms with Crippen molar-refractivity contribution in [2.45, 2.75) is 32.2 Å². The van der Waals surface area contributed by atoms with Crippen molar-refractivity contribution in [1.29, 1.82) is 0 Å². The maximum atomic E-state index is 13.0. The van der Waals surface area contributed by atoms with Crippen LogP contribution in [0.2, 0.25) is 5.02 Å². The van der Waals surface area contributed by atoms with Gasteiger partial charge >= 0.3 is 5.97 Å². The van der Waals surface area contributed by atoms with E-state index >= 15 is 0 Å². The molecule has 31 heavy (non-hydrogen) atoms. The first-order valence-electron chi connectivity index (χ1n) is 10.3. The van der Waals surface area contributed by atoms with Gasteiger partial charge in [0, 0.05) is 23.8 Å². The van der Waals surface area contributed by atoms with Crippen LogP contribution in [-0.4, -0.2) is 46.5 Å². The zero-order valence-electron chi connectivity index (χ0n) is 17.3. The van der Waals surface area contributed by atoms with Crippen molar-refractivity contribution in [2.24, 2.45) is 4.99 Å². The molecular formula is C23H24ClN3O3S. The summed E-state index contributed by atoms with van der Waals surface area (Å²) in [6, 6.07) is 6.91. The summed E-state index contributed by atoms with van der Waals surface area (Å²) in [4.78, 5) is 34.4. The summed E-state index contributed by atoms with van der Waals surface area (Å²) < 4.78 is 5.38. The van der Waals surface area contributed by atoms with Gasteiger partial charge in [-0.2, -0.15) is 0 Å². The zero-order chi connectivity index (χ0) is 22.0. The SMILES string of the molecule is C=CCOC(=O)C1=C(C)N=C2SC=C(CC(=O)N3CCCC3)N2[C@H]1c1ccccc1Cl. The molecule has 4 rings (SSSR count). The number of amidine groups is 1. The number of benzene rings is 1. The van der Waals surface area contributed by atoms with Crippen LogP contribution >= 0.6 is 23.4 Å². The van der Waals surface area contributed by atoms with Gasteiger partial charge in [-0.05, 0) is 36.8 Å². The van der Waals surface area contributed by atoms with Gasteiger partial charge in [-0.3, -0.25) is 4.79 Å². The Labute approximate surface area is 191 Å². The molecule has 3 aliphatic heterocycles. The molecule has 1 amide bonds. The minimum atomic E-state index is -0.522. The van der Waals surface area contributed by atoms with Crippen LogP contribution in [0.5, 0.6) is 0 Å². The summed E-state index contributed by atoms with van der Waals surface area (Å²) >= 11 is 8.02. The maximum Gasteiger partial charge on any atom is 0.338 e. The molecule has 8 heteroatoms. The van der Waals surface area contributed by atoms with E-state index in [1.807, 2.05) is 33.4 Å². The fraction of sp³-hybridized carbons (Fsp3) is 0.348. The molecule has 0 N–H and O–H groups in total. The maximum absolute atomic E-state index is 13.0. The summed E-state index contributed by atoms with van der Waals surface area (Å²) in [5, 5.41) is 3.21. The lowest BCUT2D eigenvalue weighted by atomic mass is 9.93. The number of hydrogen-bond acceptors (Lipinski definition) is 6. The van der Waals surface area contributed by atoms with E-state index in [1.165, 1.54) is 17.8 Å². The summed E-state index contributed by atoms with van der Waals surface area (Å²) in [5.41, 5.74) is 2.58. The molecule has 0 radical (unpaired) electrons. The van der Waals surface area contributed by atoms with E-state index in [0.29, 0.717) is 16.3 Å². The number of aliphatic imine (C=N–C) groups is 1. The van der Waals surface area contributed by atoms with Crippen LogP contribution in [0, 0.1) is 0 Å². The average molecular weight is 458 g/mol. The van der Waals surface area contributed by atoms with Gasteiger partial charge in [0.25, 0.3) is 0 Å². The largest absolute Gasteiger partial charge is 0.458 e. The molecule has 6 nitrogen and oxygen atoms in total. The molecule has 3 heterocycles. The fourth-order valence-corrected chi connectivity index (χ4v) is 5.27. The molecule has 0 aromatic heterocycles. The highest BCUT2D eigenvalue weighted by Crippen LogP contribution is 2.46. The van der Waals surface area contributed by atoms with Gasteiger partial charge < -0.3 is 14.5 Å². The third kappa shape index (κ3) is 4.29. The molecule has 0 spiro atoms. The fourth-order valence-electron chi connectivity index (χ4n) is 4.07. The Balaban J connectivity index is 1.72. The van der Waals surface area contributed by atoms with E-state index in [4.69, 9.17) is 16.3 Å². The van der Waals surface area contributed by atoms with Gasteiger partial charge in [0.2, 0.25) is 5.91 Å². The standard InChI is InChI=1S/C23H24ClN3O3S/c1-3-12-30-22(29)20-15(2)25-23-27(21(20)17-8-4-5-9-18(17)24)16(14-31-23)13-19(28)26-10-6-7-11-26/h3-5,8-9,14,21H,1,6-7,10-13H2,2H3/t21-/m0/s1. The quantitative estimate of drug-likeness (QED) is 0.459. The van der Waals surface area contributed by atoms with Crippen LogP contribution in [0.1, 0.15) is 37.8 Å². The minimum absolute atomic E-state index is 0.0885. The zero-order valence-corrected chi connectivity index (χ0v) is 18.9. The smallest absolute Gasteiger partial charge is 0.338 e. The highest BCUT2D eigenvalue weighted by atomic mass is 35.5. The van der Waals surface area contributed by atoms with Crippen molar-refractivity contribution in [3.8, 4) is 0 Å². The first kappa shape index (κ1) is 21.7. The number of thioether (sulfide) groups is 1. The number of likely N-dealkylation sites (tertiary alicyclic amines) is 1. The molecule has 1 fully saturated rings.